The number of nitrogens with zero attached hydrogens (tertiary/aromatic N) is 1. The van der Waals surface area contributed by atoms with E-state index in [0.717, 1.165) is 32.5 Å². The monoisotopic (exact) mass is 233 g/mol. The summed E-state index contributed by atoms with van der Waals surface area (Å²) in [5, 5.41) is 16.6. The van der Waals surface area contributed by atoms with Crippen LogP contribution in [0, 0.1) is 11.3 Å². The van der Waals surface area contributed by atoms with E-state index in [2.05, 4.69) is 4.90 Å². The average molecular weight is 233 g/mol. The van der Waals surface area contributed by atoms with Crippen LogP contribution >= 0.6 is 0 Å². The highest BCUT2D eigenvalue weighted by molar-refractivity contribution is 5.79. The Morgan fingerprint density at radius 3 is 2.41 bits per heavy atom. The SMILES string of the molecule is N=C(N)C1CCN(Cc2ccc(O)cc2)CC1. The second-order valence-corrected chi connectivity index (χ2v) is 4.67. The summed E-state index contributed by atoms with van der Waals surface area (Å²) in [6.07, 6.45) is 1.96. The lowest BCUT2D eigenvalue weighted by Crippen LogP contribution is -2.37. The van der Waals surface area contributed by atoms with E-state index in [0.29, 0.717) is 11.6 Å². The molecule has 4 heteroatoms. The van der Waals surface area contributed by atoms with Crippen LogP contribution < -0.4 is 5.73 Å². The van der Waals surface area contributed by atoms with Gasteiger partial charge >= 0.3 is 0 Å². The molecule has 0 bridgehead atoms. The van der Waals surface area contributed by atoms with Crippen molar-refractivity contribution in [2.45, 2.75) is 19.4 Å². The number of amidine groups is 1. The van der Waals surface area contributed by atoms with Gasteiger partial charge in [0, 0.05) is 12.5 Å². The van der Waals surface area contributed by atoms with Crippen LogP contribution in [0.3, 0.4) is 0 Å². The summed E-state index contributed by atoms with van der Waals surface area (Å²) in [6, 6.07) is 7.34. The van der Waals surface area contributed by atoms with Crippen molar-refractivity contribution in [1.82, 2.24) is 4.90 Å². The van der Waals surface area contributed by atoms with Crippen LogP contribution in [-0.4, -0.2) is 28.9 Å². The Bertz CT molecular complexity index is 380. The third kappa shape index (κ3) is 3.20. The molecule has 0 radical (unpaired) electrons. The Balaban J connectivity index is 1.85. The molecule has 2 rings (SSSR count). The maximum Gasteiger partial charge on any atom is 0.115 e. The number of piperidine rings is 1. The molecule has 1 saturated heterocycles. The highest BCUT2D eigenvalue weighted by Crippen LogP contribution is 2.19. The standard InChI is InChI=1S/C13H19N3O/c14-13(15)11-5-7-16(8-6-11)9-10-1-3-12(17)4-2-10/h1-4,11,17H,5-9H2,(H3,14,15). The molecule has 4 nitrogen and oxygen atoms in total. The van der Waals surface area contributed by atoms with E-state index >= 15 is 0 Å². The lowest BCUT2D eigenvalue weighted by Gasteiger charge is -2.31. The largest absolute Gasteiger partial charge is 0.508 e. The van der Waals surface area contributed by atoms with Gasteiger partial charge in [-0.2, -0.15) is 0 Å². The van der Waals surface area contributed by atoms with E-state index in [1.54, 1.807) is 12.1 Å². The fourth-order valence-electron chi connectivity index (χ4n) is 2.26. The van der Waals surface area contributed by atoms with Crippen molar-refractivity contribution in [1.29, 1.82) is 5.41 Å². The number of hydrogen-bond acceptors (Lipinski definition) is 3. The molecule has 92 valence electrons. The normalized spacial score (nSPS) is 18.1. The molecule has 0 aromatic heterocycles. The van der Waals surface area contributed by atoms with E-state index in [9.17, 15) is 5.11 Å². The van der Waals surface area contributed by atoms with Gasteiger partial charge in [0.15, 0.2) is 0 Å². The summed E-state index contributed by atoms with van der Waals surface area (Å²) in [4.78, 5) is 2.37. The van der Waals surface area contributed by atoms with Gasteiger partial charge in [0.25, 0.3) is 0 Å². The van der Waals surface area contributed by atoms with Gasteiger partial charge in [-0.25, -0.2) is 0 Å². The minimum absolute atomic E-state index is 0.270. The first-order chi connectivity index (χ1) is 8.15. The topological polar surface area (TPSA) is 73.3 Å². The van der Waals surface area contributed by atoms with Crippen LogP contribution in [0.15, 0.2) is 24.3 Å². The summed E-state index contributed by atoms with van der Waals surface area (Å²) in [5.41, 5.74) is 6.73. The van der Waals surface area contributed by atoms with Gasteiger partial charge in [-0.3, -0.25) is 10.3 Å². The molecule has 1 aliphatic heterocycles. The van der Waals surface area contributed by atoms with Crippen LogP contribution in [0.2, 0.25) is 0 Å². The molecular weight excluding hydrogens is 214 g/mol. The van der Waals surface area contributed by atoms with Gasteiger partial charge in [-0.15, -0.1) is 0 Å². The molecule has 0 amide bonds. The molecule has 0 atom stereocenters. The second kappa shape index (κ2) is 5.19. The molecule has 1 aliphatic rings. The minimum atomic E-state index is 0.270. The third-order valence-electron chi connectivity index (χ3n) is 3.37. The van der Waals surface area contributed by atoms with Crippen LogP contribution in [-0.2, 0) is 6.54 Å². The molecule has 1 heterocycles. The number of rotatable bonds is 3. The van der Waals surface area contributed by atoms with Crippen molar-refractivity contribution in [3.63, 3.8) is 0 Å². The molecular formula is C13H19N3O. The lowest BCUT2D eigenvalue weighted by molar-refractivity contribution is 0.201. The molecule has 0 aliphatic carbocycles. The first kappa shape index (κ1) is 11.9. The predicted molar refractivity (Wildman–Crippen MR) is 68.0 cm³/mol. The molecule has 0 saturated carbocycles. The van der Waals surface area contributed by atoms with E-state index in [1.165, 1.54) is 5.56 Å². The van der Waals surface area contributed by atoms with Crippen molar-refractivity contribution in [2.75, 3.05) is 13.1 Å². The molecule has 0 unspecified atom stereocenters. The summed E-state index contributed by atoms with van der Waals surface area (Å²) in [6.45, 7) is 2.89. The molecule has 1 fully saturated rings. The number of phenolic OH excluding ortho intramolecular Hbond substituents is 1. The van der Waals surface area contributed by atoms with E-state index in [4.69, 9.17) is 11.1 Å². The number of likely N-dealkylation sites (tertiary alicyclic amines) is 1. The number of nitrogens with one attached hydrogen (secondary N) is 1. The quantitative estimate of drug-likeness (QED) is 0.547. The van der Waals surface area contributed by atoms with Gasteiger partial charge in [0.1, 0.15) is 5.75 Å². The number of phenols is 1. The Hall–Kier alpha value is -1.55. The fourth-order valence-corrected chi connectivity index (χ4v) is 2.26. The number of aromatic hydroxyl groups is 1. The first-order valence-electron chi connectivity index (χ1n) is 5.99. The van der Waals surface area contributed by atoms with Crippen molar-refractivity contribution in [3.05, 3.63) is 29.8 Å². The first-order valence-corrected chi connectivity index (χ1v) is 5.99. The molecule has 17 heavy (non-hydrogen) atoms. The number of benzene rings is 1. The Labute approximate surface area is 102 Å². The Morgan fingerprint density at radius 1 is 1.29 bits per heavy atom. The van der Waals surface area contributed by atoms with Crippen LogP contribution in [0.5, 0.6) is 5.75 Å². The van der Waals surface area contributed by atoms with Crippen molar-refractivity contribution >= 4 is 5.84 Å². The van der Waals surface area contributed by atoms with Crippen LogP contribution in [0.4, 0.5) is 0 Å². The van der Waals surface area contributed by atoms with Gasteiger partial charge in [-0.05, 0) is 43.6 Å². The van der Waals surface area contributed by atoms with Gasteiger partial charge in [-0.1, -0.05) is 12.1 Å². The predicted octanol–water partition coefficient (Wildman–Crippen LogP) is 1.54. The highest BCUT2D eigenvalue weighted by atomic mass is 16.3. The minimum Gasteiger partial charge on any atom is -0.508 e. The van der Waals surface area contributed by atoms with E-state index < -0.39 is 0 Å². The zero-order valence-corrected chi connectivity index (χ0v) is 9.89. The summed E-state index contributed by atoms with van der Waals surface area (Å²) < 4.78 is 0. The average Bonchev–Trinajstić information content (AvgIpc) is 2.33. The Kier molecular flexibility index (Phi) is 3.64. The maximum atomic E-state index is 9.21. The summed E-state index contributed by atoms with van der Waals surface area (Å²) in [5.74, 6) is 0.907. The summed E-state index contributed by atoms with van der Waals surface area (Å²) in [7, 11) is 0. The molecule has 1 aromatic rings. The van der Waals surface area contributed by atoms with Gasteiger partial charge in [0.05, 0.1) is 5.84 Å². The summed E-state index contributed by atoms with van der Waals surface area (Å²) >= 11 is 0. The van der Waals surface area contributed by atoms with Crippen LogP contribution in [0.1, 0.15) is 18.4 Å². The third-order valence-corrected chi connectivity index (χ3v) is 3.37. The zero-order chi connectivity index (χ0) is 12.3. The highest BCUT2D eigenvalue weighted by Gasteiger charge is 2.20. The fraction of sp³-hybridized carbons (Fsp3) is 0.462. The maximum absolute atomic E-state index is 9.21. The van der Waals surface area contributed by atoms with E-state index in [1.807, 2.05) is 12.1 Å². The van der Waals surface area contributed by atoms with Crippen molar-refractivity contribution in [3.8, 4) is 5.75 Å². The van der Waals surface area contributed by atoms with Gasteiger partial charge in [0.2, 0.25) is 0 Å². The zero-order valence-electron chi connectivity index (χ0n) is 9.89. The number of hydrogen-bond donors (Lipinski definition) is 3. The van der Waals surface area contributed by atoms with Crippen LogP contribution in [0.25, 0.3) is 0 Å². The lowest BCUT2D eigenvalue weighted by atomic mass is 9.95. The smallest absolute Gasteiger partial charge is 0.115 e. The molecule has 4 N–H and O–H groups in total. The molecule has 1 aromatic carbocycles. The second-order valence-electron chi connectivity index (χ2n) is 4.67. The van der Waals surface area contributed by atoms with Gasteiger partial charge < -0.3 is 10.8 Å². The van der Waals surface area contributed by atoms with Crippen molar-refractivity contribution < 1.29 is 5.11 Å². The van der Waals surface area contributed by atoms with Crippen molar-refractivity contribution in [2.24, 2.45) is 11.7 Å². The number of nitrogens with two attached hydrogens (primary N) is 1. The molecule has 0 spiro atoms. The Morgan fingerprint density at radius 2 is 1.88 bits per heavy atom. The van der Waals surface area contributed by atoms with E-state index in [-0.39, 0.29) is 5.92 Å².